The molecule has 1 N–H and O–H groups in total. The average molecular weight is 672 g/mol. The van der Waals surface area contributed by atoms with Crippen LogP contribution in [0.2, 0.25) is 0 Å². The lowest BCUT2D eigenvalue weighted by molar-refractivity contribution is 0.0769. The summed E-state index contributed by atoms with van der Waals surface area (Å²) in [6, 6.07) is 6.50. The molecule has 49 heavy (non-hydrogen) atoms. The number of alkyl carbamates (subject to hydrolysis) is 1. The van der Waals surface area contributed by atoms with Gasteiger partial charge in [0.05, 0.1) is 62.0 Å². The van der Waals surface area contributed by atoms with E-state index in [9.17, 15) is 14.4 Å². The number of carbonyl (C=O) groups excluding carboxylic acids is 3. The molecule has 0 unspecified atom stereocenters. The van der Waals surface area contributed by atoms with E-state index in [1.165, 1.54) is 7.11 Å². The average Bonchev–Trinajstić information content (AvgIpc) is 3.60. The zero-order chi connectivity index (χ0) is 34.5. The molecule has 6 rings (SSSR count). The quantitative estimate of drug-likeness (QED) is 0.170. The van der Waals surface area contributed by atoms with E-state index in [1.807, 2.05) is 0 Å². The molecule has 0 radical (unpaired) electrons. The Morgan fingerprint density at radius 1 is 0.755 bits per heavy atom. The number of carbonyl (C=O) groups is 3. The van der Waals surface area contributed by atoms with Crippen LogP contribution in [0.1, 0.15) is 59.2 Å². The summed E-state index contributed by atoms with van der Waals surface area (Å²) < 4.78 is 28.0. The number of nitrogens with one attached hydrogen (secondary N) is 1. The zero-order valence-corrected chi connectivity index (χ0v) is 27.9. The largest absolute Gasteiger partial charge is 0.493 e. The normalized spacial score (nSPS) is 19.1. The lowest BCUT2D eigenvalue weighted by Crippen LogP contribution is -2.35. The van der Waals surface area contributed by atoms with Crippen LogP contribution < -0.4 is 24.3 Å². The number of hydrogen-bond donors (Lipinski definition) is 1. The van der Waals surface area contributed by atoms with Gasteiger partial charge in [0.25, 0.3) is 11.8 Å². The summed E-state index contributed by atoms with van der Waals surface area (Å²) in [7, 11) is 3.03. The van der Waals surface area contributed by atoms with Crippen LogP contribution in [0.15, 0.2) is 58.6 Å². The van der Waals surface area contributed by atoms with Crippen molar-refractivity contribution >= 4 is 41.7 Å². The van der Waals surface area contributed by atoms with Crippen molar-refractivity contribution in [2.24, 2.45) is 9.98 Å². The molecule has 13 heteroatoms. The highest BCUT2D eigenvalue weighted by Gasteiger charge is 2.35. The molecule has 2 fully saturated rings. The van der Waals surface area contributed by atoms with Crippen molar-refractivity contribution in [1.82, 2.24) is 15.1 Å². The van der Waals surface area contributed by atoms with E-state index in [2.05, 4.69) is 28.5 Å². The fraction of sp³-hybridized carbons (Fsp3) is 0.417. The van der Waals surface area contributed by atoms with E-state index in [0.717, 1.165) is 36.8 Å². The summed E-state index contributed by atoms with van der Waals surface area (Å²) in [5.41, 5.74) is 3.96. The minimum absolute atomic E-state index is 0.0788. The standard InChI is InChI=1S/C36H41N5O8/c1-22-11-24-17-37-28-15-32(30(45-3)13-26(28)34(42)40(24)19-22)47-9-7-5-6-8-10-48-36(44)39-21-49-33-16-29-27(14-31(33)46-4)35(43)41-20-23(2)12-25(41)18-38-29/h13-18,24-25H,1-2,5-12,19-21H2,3-4H3,(H,39,44)/t24-,25-/m0/s1. The predicted octanol–water partition coefficient (Wildman–Crippen LogP) is 5.38. The number of amides is 3. The van der Waals surface area contributed by atoms with Crippen LogP contribution >= 0.6 is 0 Å². The van der Waals surface area contributed by atoms with Crippen LogP contribution in [0.5, 0.6) is 23.0 Å². The van der Waals surface area contributed by atoms with Crippen molar-refractivity contribution in [3.8, 4) is 23.0 Å². The second-order valence-corrected chi connectivity index (χ2v) is 12.4. The third kappa shape index (κ3) is 7.40. The molecule has 2 saturated heterocycles. The molecule has 0 saturated carbocycles. The molecule has 0 aliphatic carbocycles. The Hall–Kier alpha value is -5.33. The number of nitrogens with zero attached hydrogens (tertiary/aromatic N) is 4. The highest BCUT2D eigenvalue weighted by molar-refractivity contribution is 6.04. The summed E-state index contributed by atoms with van der Waals surface area (Å²) in [5.74, 6) is 1.50. The van der Waals surface area contributed by atoms with Gasteiger partial charge in [-0.3, -0.25) is 24.9 Å². The fourth-order valence-corrected chi connectivity index (χ4v) is 6.34. The second kappa shape index (κ2) is 14.8. The Kier molecular flexibility index (Phi) is 10.2. The van der Waals surface area contributed by atoms with E-state index >= 15 is 0 Å². The monoisotopic (exact) mass is 671 g/mol. The maximum absolute atomic E-state index is 13.1. The van der Waals surface area contributed by atoms with Gasteiger partial charge in [0, 0.05) is 37.7 Å². The molecule has 3 amide bonds. The van der Waals surface area contributed by atoms with Crippen LogP contribution in [-0.2, 0) is 4.74 Å². The van der Waals surface area contributed by atoms with Crippen LogP contribution in [0.25, 0.3) is 0 Å². The van der Waals surface area contributed by atoms with Crippen molar-refractivity contribution in [3.63, 3.8) is 0 Å². The number of rotatable bonds is 13. The Bertz CT molecular complexity index is 1720. The molecule has 0 aromatic heterocycles. The van der Waals surface area contributed by atoms with Gasteiger partial charge in [-0.15, -0.1) is 0 Å². The molecule has 0 bridgehead atoms. The minimum atomic E-state index is -0.604. The van der Waals surface area contributed by atoms with Crippen molar-refractivity contribution in [3.05, 3.63) is 59.7 Å². The summed E-state index contributed by atoms with van der Waals surface area (Å²) in [5, 5.41) is 2.57. The Balaban J connectivity index is 0.892. The van der Waals surface area contributed by atoms with Crippen molar-refractivity contribution in [1.29, 1.82) is 0 Å². The van der Waals surface area contributed by atoms with Crippen molar-refractivity contribution < 1.29 is 38.1 Å². The molecule has 258 valence electrons. The van der Waals surface area contributed by atoms with Crippen LogP contribution in [0, 0.1) is 0 Å². The van der Waals surface area contributed by atoms with Crippen molar-refractivity contribution in [2.75, 3.05) is 47.3 Å². The molecule has 4 heterocycles. The molecule has 2 atom stereocenters. The number of fused-ring (bicyclic) bond motifs is 4. The van der Waals surface area contributed by atoms with Gasteiger partial charge in [-0.2, -0.15) is 0 Å². The van der Waals surface area contributed by atoms with Gasteiger partial charge in [0.15, 0.2) is 29.7 Å². The number of unbranched alkanes of at least 4 members (excludes halogenated alkanes) is 3. The Morgan fingerprint density at radius 3 is 1.80 bits per heavy atom. The van der Waals surface area contributed by atoms with Crippen LogP contribution in [-0.4, -0.2) is 99.5 Å². The van der Waals surface area contributed by atoms with E-state index in [1.54, 1.807) is 53.6 Å². The summed E-state index contributed by atoms with van der Waals surface area (Å²) in [6.45, 7) is 9.61. The molecule has 4 aliphatic heterocycles. The van der Waals surface area contributed by atoms with Crippen LogP contribution in [0.4, 0.5) is 16.2 Å². The van der Waals surface area contributed by atoms with Gasteiger partial charge in [-0.1, -0.05) is 24.3 Å². The van der Waals surface area contributed by atoms with Crippen LogP contribution in [0.3, 0.4) is 0 Å². The summed E-state index contributed by atoms with van der Waals surface area (Å²) >= 11 is 0. The van der Waals surface area contributed by atoms with Gasteiger partial charge >= 0.3 is 6.09 Å². The Labute approximate surface area is 285 Å². The predicted molar refractivity (Wildman–Crippen MR) is 183 cm³/mol. The minimum Gasteiger partial charge on any atom is -0.493 e. The first-order chi connectivity index (χ1) is 23.7. The van der Waals surface area contributed by atoms with E-state index in [4.69, 9.17) is 23.7 Å². The molecule has 2 aromatic rings. The molecular weight excluding hydrogens is 630 g/mol. The number of ether oxygens (including phenoxy) is 5. The number of methoxy groups -OCH3 is 2. The third-order valence-corrected chi connectivity index (χ3v) is 8.88. The SMILES string of the molecule is C=C1C[C@H]2C=Nc3cc(OCCCCCCOC(=O)NCOc4cc5c(cc4OC)C(=O)N4CC(=C)C[C@H]4C=N5)c(OC)cc3C(=O)N2C1. The van der Waals surface area contributed by atoms with Gasteiger partial charge in [0.2, 0.25) is 0 Å². The van der Waals surface area contributed by atoms with Gasteiger partial charge in [-0.05, 0) is 50.7 Å². The highest BCUT2D eigenvalue weighted by atomic mass is 16.6. The van der Waals surface area contributed by atoms with E-state index in [0.29, 0.717) is 78.0 Å². The lowest BCUT2D eigenvalue weighted by atomic mass is 10.1. The molecule has 4 aliphatic rings. The first-order valence-electron chi connectivity index (χ1n) is 16.4. The first kappa shape index (κ1) is 33.6. The van der Waals surface area contributed by atoms with Gasteiger partial charge < -0.3 is 33.5 Å². The maximum atomic E-state index is 13.1. The summed E-state index contributed by atoms with van der Waals surface area (Å²) in [4.78, 5) is 51.1. The fourth-order valence-electron chi connectivity index (χ4n) is 6.34. The molecule has 13 nitrogen and oxygen atoms in total. The number of aliphatic imine (C=N–C) groups is 2. The first-order valence-corrected chi connectivity index (χ1v) is 16.4. The smallest absolute Gasteiger partial charge is 0.409 e. The Morgan fingerprint density at radius 2 is 1.27 bits per heavy atom. The maximum Gasteiger partial charge on any atom is 0.409 e. The molecule has 2 aromatic carbocycles. The highest BCUT2D eigenvalue weighted by Crippen LogP contribution is 2.40. The molecular formula is C36H41N5O8. The molecule has 0 spiro atoms. The third-order valence-electron chi connectivity index (χ3n) is 8.88. The lowest BCUT2D eigenvalue weighted by Gasteiger charge is -2.20. The zero-order valence-electron chi connectivity index (χ0n) is 27.9. The number of benzene rings is 2. The summed E-state index contributed by atoms with van der Waals surface area (Å²) in [6.07, 6.45) is 7.55. The van der Waals surface area contributed by atoms with E-state index in [-0.39, 0.29) is 37.2 Å². The van der Waals surface area contributed by atoms with Gasteiger partial charge in [0.1, 0.15) is 0 Å². The van der Waals surface area contributed by atoms with E-state index < -0.39 is 6.09 Å². The topological polar surface area (TPSA) is 141 Å². The van der Waals surface area contributed by atoms with Crippen molar-refractivity contribution in [2.45, 2.75) is 50.6 Å². The second-order valence-electron chi connectivity index (χ2n) is 12.4. The number of hydrogen-bond acceptors (Lipinski definition) is 10. The van der Waals surface area contributed by atoms with Gasteiger partial charge in [-0.25, -0.2) is 4.79 Å².